The van der Waals surface area contributed by atoms with Gasteiger partial charge in [-0.25, -0.2) is 0 Å². The van der Waals surface area contributed by atoms with Crippen LogP contribution >= 0.6 is 0 Å². The quantitative estimate of drug-likeness (QED) is 0.499. The Labute approximate surface area is 85.1 Å². The summed E-state index contributed by atoms with van der Waals surface area (Å²) >= 11 is 0. The minimum absolute atomic E-state index is 0.146. The predicted molar refractivity (Wildman–Crippen MR) is 53.6 cm³/mol. The largest absolute Gasteiger partial charge is 0.376 e. The van der Waals surface area contributed by atoms with Crippen molar-refractivity contribution in [1.29, 1.82) is 0 Å². The van der Waals surface area contributed by atoms with E-state index >= 15 is 0 Å². The summed E-state index contributed by atoms with van der Waals surface area (Å²) in [5.74, 6) is 6.48. The summed E-state index contributed by atoms with van der Waals surface area (Å²) in [5.41, 5.74) is 2.85. The Hall–Kier alpha value is -0.160. The lowest BCUT2D eigenvalue weighted by Gasteiger charge is -2.30. The third-order valence-corrected chi connectivity index (χ3v) is 3.09. The zero-order valence-corrected chi connectivity index (χ0v) is 8.58. The van der Waals surface area contributed by atoms with Crippen molar-refractivity contribution >= 4 is 0 Å². The fourth-order valence-corrected chi connectivity index (χ4v) is 1.94. The molecule has 1 heterocycles. The monoisotopic (exact) mass is 200 g/mol. The average molecular weight is 200 g/mol. The molecule has 1 saturated heterocycles. The molecule has 0 spiro atoms. The van der Waals surface area contributed by atoms with Gasteiger partial charge in [0.1, 0.15) is 0 Å². The van der Waals surface area contributed by atoms with Crippen LogP contribution in [0.5, 0.6) is 0 Å². The van der Waals surface area contributed by atoms with E-state index in [0.29, 0.717) is 13.2 Å². The lowest BCUT2D eigenvalue weighted by atomic mass is 10.0. The molecule has 0 bridgehead atoms. The maximum atomic E-state index is 5.62. The minimum Gasteiger partial charge on any atom is -0.376 e. The van der Waals surface area contributed by atoms with Crippen molar-refractivity contribution in [2.75, 3.05) is 19.8 Å². The molecule has 2 atom stereocenters. The highest BCUT2D eigenvalue weighted by molar-refractivity contribution is 4.81. The topological polar surface area (TPSA) is 56.5 Å². The fraction of sp³-hybridized carbons (Fsp3) is 1.00. The molecule has 82 valence electrons. The molecule has 2 fully saturated rings. The van der Waals surface area contributed by atoms with Crippen LogP contribution in [-0.4, -0.2) is 32.0 Å². The molecule has 0 aromatic rings. The highest BCUT2D eigenvalue weighted by atomic mass is 16.6. The van der Waals surface area contributed by atoms with Gasteiger partial charge in [-0.05, 0) is 18.8 Å². The number of hydrogen-bond donors (Lipinski definition) is 2. The van der Waals surface area contributed by atoms with Gasteiger partial charge in [0.2, 0.25) is 0 Å². The van der Waals surface area contributed by atoms with Gasteiger partial charge >= 0.3 is 0 Å². The van der Waals surface area contributed by atoms with E-state index in [-0.39, 0.29) is 12.1 Å². The van der Waals surface area contributed by atoms with Crippen molar-refractivity contribution in [2.24, 2.45) is 11.8 Å². The highest BCUT2D eigenvalue weighted by Gasteiger charge is 2.27. The molecule has 3 N–H and O–H groups in total. The third-order valence-electron chi connectivity index (χ3n) is 3.09. The van der Waals surface area contributed by atoms with Crippen molar-refractivity contribution < 1.29 is 9.47 Å². The smallest absolute Gasteiger partial charge is 0.0975 e. The molecule has 2 aliphatic rings. The maximum Gasteiger partial charge on any atom is 0.0975 e. The van der Waals surface area contributed by atoms with Crippen LogP contribution in [0.25, 0.3) is 0 Å². The van der Waals surface area contributed by atoms with E-state index in [1.54, 1.807) is 0 Å². The van der Waals surface area contributed by atoms with Gasteiger partial charge in [0, 0.05) is 6.04 Å². The molecule has 4 nitrogen and oxygen atoms in total. The summed E-state index contributed by atoms with van der Waals surface area (Å²) in [5, 5.41) is 0. The Morgan fingerprint density at radius 1 is 1.36 bits per heavy atom. The molecular formula is C10H20N2O2. The van der Waals surface area contributed by atoms with Gasteiger partial charge in [-0.1, -0.05) is 12.8 Å². The predicted octanol–water partition coefficient (Wildman–Crippen LogP) is 0.424. The molecule has 0 radical (unpaired) electrons. The molecule has 4 heteroatoms. The second kappa shape index (κ2) is 5.07. The van der Waals surface area contributed by atoms with Gasteiger partial charge in [0.15, 0.2) is 0 Å². The zero-order chi connectivity index (χ0) is 9.80. The van der Waals surface area contributed by atoms with E-state index in [1.165, 1.54) is 19.3 Å². The van der Waals surface area contributed by atoms with Gasteiger partial charge in [0.05, 0.1) is 25.9 Å². The maximum absolute atomic E-state index is 5.62. The summed E-state index contributed by atoms with van der Waals surface area (Å²) in [6.07, 6.45) is 5.33. The van der Waals surface area contributed by atoms with Crippen molar-refractivity contribution in [3.05, 3.63) is 0 Å². The Balaban J connectivity index is 1.71. The number of nitrogens with one attached hydrogen (secondary N) is 1. The molecule has 0 aromatic carbocycles. The molecular weight excluding hydrogens is 180 g/mol. The summed E-state index contributed by atoms with van der Waals surface area (Å²) in [6, 6.07) is 0.260. The number of rotatable bonds is 5. The first-order chi connectivity index (χ1) is 6.90. The van der Waals surface area contributed by atoms with Crippen LogP contribution in [0, 0.1) is 5.92 Å². The Kier molecular flexibility index (Phi) is 3.75. The van der Waals surface area contributed by atoms with Crippen LogP contribution < -0.4 is 11.3 Å². The van der Waals surface area contributed by atoms with E-state index < -0.39 is 0 Å². The summed E-state index contributed by atoms with van der Waals surface area (Å²) < 4.78 is 11.0. The Morgan fingerprint density at radius 2 is 2.21 bits per heavy atom. The second-order valence-corrected chi connectivity index (χ2v) is 4.28. The number of ether oxygens (including phenoxy) is 2. The van der Waals surface area contributed by atoms with Gasteiger partial charge in [0.25, 0.3) is 0 Å². The average Bonchev–Trinajstić information content (AvgIpc) is 3.04. The summed E-state index contributed by atoms with van der Waals surface area (Å²) in [4.78, 5) is 0. The van der Waals surface area contributed by atoms with Crippen molar-refractivity contribution in [3.63, 3.8) is 0 Å². The fourth-order valence-electron chi connectivity index (χ4n) is 1.94. The first kappa shape index (κ1) is 10.4. The van der Waals surface area contributed by atoms with Gasteiger partial charge in [-0.15, -0.1) is 0 Å². The van der Waals surface area contributed by atoms with Crippen LogP contribution in [0.2, 0.25) is 0 Å². The van der Waals surface area contributed by atoms with Crippen LogP contribution in [0.4, 0.5) is 0 Å². The van der Waals surface area contributed by atoms with Gasteiger partial charge in [-0.3, -0.25) is 11.3 Å². The Bertz CT molecular complexity index is 168. The molecule has 1 aliphatic heterocycles. The number of nitrogens with two attached hydrogens (primary N) is 1. The molecule has 14 heavy (non-hydrogen) atoms. The first-order valence-corrected chi connectivity index (χ1v) is 5.55. The zero-order valence-electron chi connectivity index (χ0n) is 8.58. The second-order valence-electron chi connectivity index (χ2n) is 4.28. The van der Waals surface area contributed by atoms with Crippen LogP contribution in [0.3, 0.4) is 0 Å². The summed E-state index contributed by atoms with van der Waals surface area (Å²) in [7, 11) is 0. The van der Waals surface area contributed by atoms with Crippen LogP contribution in [0.15, 0.2) is 0 Å². The molecule has 1 saturated carbocycles. The Morgan fingerprint density at radius 3 is 2.79 bits per heavy atom. The summed E-state index contributed by atoms with van der Waals surface area (Å²) in [6.45, 7) is 2.10. The highest BCUT2D eigenvalue weighted by Crippen LogP contribution is 2.34. The van der Waals surface area contributed by atoms with Crippen LogP contribution in [-0.2, 0) is 9.47 Å². The van der Waals surface area contributed by atoms with E-state index in [4.69, 9.17) is 15.3 Å². The molecule has 0 aromatic heterocycles. The molecule has 2 unspecified atom stereocenters. The standard InChI is InChI=1S/C10H20N2O2/c11-12-9(4-3-8-1-2-8)10-7-13-5-6-14-10/h8-10,12H,1-7,11H2. The van der Waals surface area contributed by atoms with Crippen LogP contribution in [0.1, 0.15) is 25.7 Å². The third kappa shape index (κ3) is 2.92. The lowest BCUT2D eigenvalue weighted by molar-refractivity contribution is -0.102. The number of hydrazine groups is 1. The van der Waals surface area contributed by atoms with E-state index in [1.807, 2.05) is 0 Å². The van der Waals surface area contributed by atoms with Gasteiger partial charge < -0.3 is 9.47 Å². The van der Waals surface area contributed by atoms with E-state index in [9.17, 15) is 0 Å². The first-order valence-electron chi connectivity index (χ1n) is 5.55. The lowest BCUT2D eigenvalue weighted by Crippen LogP contribution is -2.49. The van der Waals surface area contributed by atoms with E-state index in [2.05, 4.69) is 5.43 Å². The molecule has 2 rings (SSSR count). The van der Waals surface area contributed by atoms with E-state index in [0.717, 1.165) is 18.9 Å². The van der Waals surface area contributed by atoms with Crippen molar-refractivity contribution in [3.8, 4) is 0 Å². The normalized spacial score (nSPS) is 30.2. The van der Waals surface area contributed by atoms with Crippen molar-refractivity contribution in [1.82, 2.24) is 5.43 Å². The minimum atomic E-state index is 0.146. The molecule has 0 amide bonds. The molecule has 1 aliphatic carbocycles. The number of hydrogen-bond acceptors (Lipinski definition) is 4. The van der Waals surface area contributed by atoms with Gasteiger partial charge in [-0.2, -0.15) is 0 Å². The SMILES string of the molecule is NNC(CCC1CC1)C1COCCO1. The van der Waals surface area contributed by atoms with Crippen molar-refractivity contribution in [2.45, 2.75) is 37.8 Å².